The summed E-state index contributed by atoms with van der Waals surface area (Å²) in [6.07, 6.45) is 3.48. The fourth-order valence-corrected chi connectivity index (χ4v) is 8.00. The molecule has 5 amide bonds. The first-order valence-electron chi connectivity index (χ1n) is 21.6. The van der Waals surface area contributed by atoms with Gasteiger partial charge in [-0.25, -0.2) is 14.4 Å². The van der Waals surface area contributed by atoms with Crippen LogP contribution in [0.2, 0.25) is 0 Å². The third-order valence-electron chi connectivity index (χ3n) is 11.2. The molecule has 15 nitrogen and oxygen atoms in total. The van der Waals surface area contributed by atoms with Crippen molar-refractivity contribution in [2.24, 2.45) is 11.8 Å². The molecule has 0 unspecified atom stereocenters. The van der Waals surface area contributed by atoms with Crippen molar-refractivity contribution in [2.45, 2.75) is 117 Å². The predicted molar refractivity (Wildman–Crippen MR) is 238 cm³/mol. The average molecular weight is 852 g/mol. The number of rotatable bonds is 11. The highest BCUT2D eigenvalue weighted by atomic mass is 16.6. The van der Waals surface area contributed by atoms with Crippen molar-refractivity contribution in [1.29, 1.82) is 0 Å². The van der Waals surface area contributed by atoms with Crippen molar-refractivity contribution in [3.8, 4) is 11.1 Å². The molecule has 4 aromatic rings. The lowest BCUT2D eigenvalue weighted by molar-refractivity contribution is -0.130. The SMILES string of the molecule is Cc1cc(C(=O)NC2CCN(C(=O)OC(C)(C)C)CC2)ccc1-c1ccc(C[C@H](NC(=O)C2CCC(CNC(=O)OC(C)(C)C)CC2)C(=O)Nc2ccc3[nH]c(=O)[nH]c3c2)cc1. The summed E-state index contributed by atoms with van der Waals surface area (Å²) in [5.74, 6) is -0.818. The first-order valence-corrected chi connectivity index (χ1v) is 21.6. The summed E-state index contributed by atoms with van der Waals surface area (Å²) >= 11 is 0. The van der Waals surface area contributed by atoms with E-state index in [2.05, 4.69) is 31.2 Å². The molecular weight excluding hydrogens is 791 g/mol. The minimum absolute atomic E-state index is 0.0485. The molecule has 6 rings (SSSR count). The zero-order chi connectivity index (χ0) is 44.8. The van der Waals surface area contributed by atoms with Crippen molar-refractivity contribution in [1.82, 2.24) is 30.8 Å². The molecule has 1 aliphatic heterocycles. The minimum atomic E-state index is -0.898. The summed E-state index contributed by atoms with van der Waals surface area (Å²) in [6, 6.07) is 17.5. The number of amides is 5. The highest BCUT2D eigenvalue weighted by molar-refractivity contribution is 5.99. The Labute approximate surface area is 362 Å². The number of carbonyl (C=O) groups excluding carboxylic acids is 5. The van der Waals surface area contributed by atoms with E-state index in [9.17, 15) is 28.8 Å². The van der Waals surface area contributed by atoms with E-state index < -0.39 is 29.2 Å². The number of piperidine rings is 1. The fraction of sp³-hybridized carbons (Fsp3) is 0.489. The fourth-order valence-electron chi connectivity index (χ4n) is 8.00. The lowest BCUT2D eigenvalue weighted by Gasteiger charge is -2.33. The molecule has 1 aromatic heterocycles. The second kappa shape index (κ2) is 19.3. The first kappa shape index (κ1) is 45.4. The van der Waals surface area contributed by atoms with E-state index in [1.165, 1.54) is 0 Å². The minimum Gasteiger partial charge on any atom is -0.444 e. The van der Waals surface area contributed by atoms with Gasteiger partial charge >= 0.3 is 17.9 Å². The Morgan fingerprint density at radius 2 is 1.45 bits per heavy atom. The van der Waals surface area contributed by atoms with Gasteiger partial charge in [-0.05, 0) is 145 Å². The Morgan fingerprint density at radius 1 is 0.790 bits per heavy atom. The van der Waals surface area contributed by atoms with E-state index in [-0.39, 0.29) is 47.9 Å². The van der Waals surface area contributed by atoms with Crippen molar-refractivity contribution < 1.29 is 33.4 Å². The van der Waals surface area contributed by atoms with Crippen LogP contribution in [0.3, 0.4) is 0 Å². The number of benzene rings is 3. The smallest absolute Gasteiger partial charge is 0.410 e. The monoisotopic (exact) mass is 851 g/mol. The summed E-state index contributed by atoms with van der Waals surface area (Å²) in [7, 11) is 0. The predicted octanol–water partition coefficient (Wildman–Crippen LogP) is 6.96. The van der Waals surface area contributed by atoms with Gasteiger partial charge in [-0.3, -0.25) is 14.4 Å². The third-order valence-corrected chi connectivity index (χ3v) is 11.2. The Balaban J connectivity index is 1.07. The van der Waals surface area contributed by atoms with Gasteiger partial charge in [0.1, 0.15) is 17.2 Å². The molecule has 2 fully saturated rings. The van der Waals surface area contributed by atoms with Crippen LogP contribution in [0.5, 0.6) is 0 Å². The number of H-pyrrole nitrogens is 2. The summed E-state index contributed by atoms with van der Waals surface area (Å²) in [4.78, 5) is 84.4. The van der Waals surface area contributed by atoms with Gasteiger partial charge in [0.25, 0.3) is 5.91 Å². The van der Waals surface area contributed by atoms with Crippen LogP contribution in [0.15, 0.2) is 65.5 Å². The van der Waals surface area contributed by atoms with Gasteiger partial charge in [-0.15, -0.1) is 0 Å². The number of aromatic nitrogens is 2. The van der Waals surface area contributed by atoms with Gasteiger partial charge < -0.3 is 45.6 Å². The Kier molecular flexibility index (Phi) is 14.1. The van der Waals surface area contributed by atoms with E-state index in [0.29, 0.717) is 67.6 Å². The van der Waals surface area contributed by atoms with Crippen LogP contribution in [0.1, 0.15) is 102 Å². The number of hydrogen-bond donors (Lipinski definition) is 6. The zero-order valence-corrected chi connectivity index (χ0v) is 36.9. The maximum absolute atomic E-state index is 13.9. The number of anilines is 1. The number of carbonyl (C=O) groups is 5. The number of ether oxygens (including phenoxy) is 2. The van der Waals surface area contributed by atoms with Crippen molar-refractivity contribution >= 4 is 46.6 Å². The molecule has 1 atom stereocenters. The highest BCUT2D eigenvalue weighted by Crippen LogP contribution is 2.30. The molecule has 1 aliphatic carbocycles. The van der Waals surface area contributed by atoms with E-state index >= 15 is 0 Å². The molecule has 62 heavy (non-hydrogen) atoms. The van der Waals surface area contributed by atoms with Gasteiger partial charge in [-0.2, -0.15) is 0 Å². The molecule has 2 heterocycles. The standard InChI is InChI=1S/C47H61N7O8/c1-28-24-33(41(56)49-34-20-22-54(23-21-34)45(60)62-47(5,6)7)16-18-36(28)31-12-8-29(9-13-31)25-39(42(57)50-35-17-19-37-38(26-35)53-43(58)52-37)51-40(55)32-14-10-30(11-15-32)27-48-44(59)61-46(2,3)4/h8-9,12-13,16-19,24,26,30,32,34,39H,10-11,14-15,20-23,25,27H2,1-7H3,(H,48,59)(H,49,56)(H,50,57)(H,51,55)(H2,52,53,58)/t30?,32?,39-/m0/s1. The second-order valence-corrected chi connectivity index (χ2v) is 18.6. The van der Waals surface area contributed by atoms with Crippen molar-refractivity contribution in [3.63, 3.8) is 0 Å². The molecule has 0 spiro atoms. The van der Waals surface area contributed by atoms with Crippen LogP contribution in [0.25, 0.3) is 22.2 Å². The summed E-state index contributed by atoms with van der Waals surface area (Å²) in [5, 5.41) is 11.9. The molecule has 2 aliphatic rings. The number of alkyl carbamates (subject to hydrolysis) is 1. The summed E-state index contributed by atoms with van der Waals surface area (Å²) in [6.45, 7) is 14.4. The Hall–Kier alpha value is -6.12. The summed E-state index contributed by atoms with van der Waals surface area (Å²) in [5.41, 5.74) is 4.33. The molecular formula is C47H61N7O8. The van der Waals surface area contributed by atoms with Crippen LogP contribution in [0, 0.1) is 18.8 Å². The van der Waals surface area contributed by atoms with Crippen LogP contribution >= 0.6 is 0 Å². The number of nitrogens with one attached hydrogen (secondary N) is 6. The number of fused-ring (bicyclic) bond motifs is 1. The van der Waals surface area contributed by atoms with Gasteiger partial charge in [0.2, 0.25) is 11.8 Å². The zero-order valence-electron chi connectivity index (χ0n) is 36.9. The molecule has 0 radical (unpaired) electrons. The quantitative estimate of drug-likeness (QED) is 0.0929. The number of nitrogens with zero attached hydrogens (tertiary/aromatic N) is 1. The molecule has 15 heteroatoms. The van der Waals surface area contributed by atoms with Crippen LogP contribution < -0.4 is 27.0 Å². The van der Waals surface area contributed by atoms with Gasteiger partial charge in [-0.1, -0.05) is 30.3 Å². The third kappa shape index (κ3) is 12.7. The largest absolute Gasteiger partial charge is 0.444 e. The topological polar surface area (TPSA) is 204 Å². The number of hydrogen-bond acceptors (Lipinski definition) is 8. The number of likely N-dealkylation sites (tertiary alicyclic amines) is 1. The van der Waals surface area contributed by atoms with Crippen molar-refractivity contribution in [3.05, 3.63) is 87.8 Å². The molecule has 3 aromatic carbocycles. The maximum Gasteiger partial charge on any atom is 0.410 e. The molecule has 1 saturated heterocycles. The second-order valence-electron chi connectivity index (χ2n) is 18.6. The lowest BCUT2D eigenvalue weighted by Crippen LogP contribution is -2.48. The van der Waals surface area contributed by atoms with Gasteiger partial charge in [0, 0.05) is 49.3 Å². The average Bonchev–Trinajstić information content (AvgIpc) is 3.58. The van der Waals surface area contributed by atoms with Crippen LogP contribution in [-0.4, -0.2) is 87.7 Å². The number of aromatic amines is 2. The highest BCUT2D eigenvalue weighted by Gasteiger charge is 2.31. The van der Waals surface area contributed by atoms with Gasteiger partial charge in [0.15, 0.2) is 0 Å². The molecule has 332 valence electrons. The van der Waals surface area contributed by atoms with Crippen molar-refractivity contribution in [2.75, 3.05) is 25.0 Å². The molecule has 0 bridgehead atoms. The number of imidazole rings is 1. The van der Waals surface area contributed by atoms with E-state index in [1.54, 1.807) is 23.1 Å². The van der Waals surface area contributed by atoms with E-state index in [0.717, 1.165) is 35.1 Å². The van der Waals surface area contributed by atoms with E-state index in [4.69, 9.17) is 9.47 Å². The maximum atomic E-state index is 13.9. The van der Waals surface area contributed by atoms with E-state index in [1.807, 2.05) is 90.9 Å². The summed E-state index contributed by atoms with van der Waals surface area (Å²) < 4.78 is 10.9. The Bertz CT molecular complexity index is 2300. The van der Waals surface area contributed by atoms with Crippen LogP contribution in [0.4, 0.5) is 15.3 Å². The Morgan fingerprint density at radius 3 is 2.10 bits per heavy atom. The van der Waals surface area contributed by atoms with Crippen LogP contribution in [-0.2, 0) is 25.5 Å². The lowest BCUT2D eigenvalue weighted by atomic mass is 9.81. The molecule has 1 saturated carbocycles. The molecule has 6 N–H and O–H groups in total. The number of aryl methyl sites for hydroxylation is 1. The van der Waals surface area contributed by atoms with Gasteiger partial charge in [0.05, 0.1) is 11.0 Å². The normalized spacial score (nSPS) is 17.8. The first-order chi connectivity index (χ1) is 29.3.